The summed E-state index contributed by atoms with van der Waals surface area (Å²) in [5.74, 6) is -0.756. The fourth-order valence-electron chi connectivity index (χ4n) is 2.23. The number of hydrogen-bond acceptors (Lipinski definition) is 2. The van der Waals surface area contributed by atoms with Crippen LogP contribution in [-0.4, -0.2) is 23.7 Å². The van der Waals surface area contributed by atoms with Crippen molar-refractivity contribution in [3.8, 4) is 0 Å². The first-order valence-corrected chi connectivity index (χ1v) is 6.07. The highest BCUT2D eigenvalue weighted by Gasteiger charge is 2.22. The molecule has 1 aromatic carbocycles. The molecule has 0 radical (unpaired) electrons. The topological polar surface area (TPSA) is 40.5 Å². The number of likely N-dealkylation sites (N-methyl/N-ethyl adjacent to an activating group) is 1. The molecule has 1 atom stereocenters. The molecule has 94 valence electrons. The Bertz CT molecular complexity index is 381. The molecule has 1 rings (SSSR count). The Kier molecular flexibility index (Phi) is 4.55. The zero-order chi connectivity index (χ0) is 13.0. The molecule has 0 bridgehead atoms. The molecule has 3 heteroatoms. The van der Waals surface area contributed by atoms with Crippen LogP contribution in [0.3, 0.4) is 0 Å². The molecular formula is C14H21NO2. The van der Waals surface area contributed by atoms with Gasteiger partial charge in [0, 0.05) is 12.2 Å². The summed E-state index contributed by atoms with van der Waals surface area (Å²) in [5.41, 5.74) is 3.33. The number of anilines is 1. The number of benzene rings is 1. The van der Waals surface area contributed by atoms with Gasteiger partial charge in [-0.25, -0.2) is 4.79 Å². The summed E-state index contributed by atoms with van der Waals surface area (Å²) in [7, 11) is 0. The standard InChI is InChI=1S/C14H21NO2/c1-5-13(14(16)17)15(6-2)12-8-10(3)7-11(4)9-12/h7-9,13H,5-6H2,1-4H3,(H,16,17). The van der Waals surface area contributed by atoms with Gasteiger partial charge in [-0.2, -0.15) is 0 Å². The van der Waals surface area contributed by atoms with E-state index >= 15 is 0 Å². The predicted octanol–water partition coefficient (Wildman–Crippen LogP) is 2.99. The highest BCUT2D eigenvalue weighted by Crippen LogP contribution is 2.22. The smallest absolute Gasteiger partial charge is 0.326 e. The Hall–Kier alpha value is -1.51. The second kappa shape index (κ2) is 5.71. The summed E-state index contributed by atoms with van der Waals surface area (Å²) < 4.78 is 0. The van der Waals surface area contributed by atoms with E-state index in [1.165, 1.54) is 11.1 Å². The van der Waals surface area contributed by atoms with Gasteiger partial charge in [-0.1, -0.05) is 13.0 Å². The predicted molar refractivity (Wildman–Crippen MR) is 70.7 cm³/mol. The molecule has 0 saturated carbocycles. The molecule has 1 aromatic rings. The van der Waals surface area contributed by atoms with E-state index in [4.69, 9.17) is 0 Å². The number of carbonyl (C=O) groups is 1. The minimum atomic E-state index is -0.756. The molecule has 0 aliphatic heterocycles. The number of carboxylic acid groups (broad SMARTS) is 1. The molecule has 1 unspecified atom stereocenters. The van der Waals surface area contributed by atoms with Gasteiger partial charge < -0.3 is 10.0 Å². The van der Waals surface area contributed by atoms with Crippen LogP contribution in [0.5, 0.6) is 0 Å². The fourth-order valence-corrected chi connectivity index (χ4v) is 2.23. The Morgan fingerprint density at radius 1 is 1.24 bits per heavy atom. The van der Waals surface area contributed by atoms with E-state index in [2.05, 4.69) is 6.07 Å². The Morgan fingerprint density at radius 3 is 2.12 bits per heavy atom. The first kappa shape index (κ1) is 13.6. The normalized spacial score (nSPS) is 12.2. The number of aliphatic carboxylic acids is 1. The quantitative estimate of drug-likeness (QED) is 0.853. The van der Waals surface area contributed by atoms with Gasteiger partial charge in [-0.05, 0) is 50.5 Å². The van der Waals surface area contributed by atoms with Crippen LogP contribution in [-0.2, 0) is 4.79 Å². The van der Waals surface area contributed by atoms with Crippen molar-refractivity contribution in [1.82, 2.24) is 0 Å². The molecule has 0 aromatic heterocycles. The second-order valence-corrected chi connectivity index (χ2v) is 4.39. The third-order valence-corrected chi connectivity index (χ3v) is 2.93. The van der Waals surface area contributed by atoms with Crippen LogP contribution < -0.4 is 4.90 Å². The van der Waals surface area contributed by atoms with E-state index in [0.29, 0.717) is 13.0 Å². The lowest BCUT2D eigenvalue weighted by Crippen LogP contribution is -2.40. The SMILES string of the molecule is CCC(C(=O)O)N(CC)c1cc(C)cc(C)c1. The van der Waals surface area contributed by atoms with Crippen molar-refractivity contribution in [2.24, 2.45) is 0 Å². The van der Waals surface area contributed by atoms with Crippen LogP contribution in [0.25, 0.3) is 0 Å². The highest BCUT2D eigenvalue weighted by molar-refractivity contribution is 5.78. The lowest BCUT2D eigenvalue weighted by atomic mass is 10.1. The van der Waals surface area contributed by atoms with Gasteiger partial charge in [0.2, 0.25) is 0 Å². The van der Waals surface area contributed by atoms with Gasteiger partial charge in [0.15, 0.2) is 0 Å². The molecular weight excluding hydrogens is 214 g/mol. The van der Waals surface area contributed by atoms with Crippen LogP contribution in [0.2, 0.25) is 0 Å². The molecule has 1 N–H and O–H groups in total. The summed E-state index contributed by atoms with van der Waals surface area (Å²) in [6.45, 7) is 8.67. The van der Waals surface area contributed by atoms with Crippen molar-refractivity contribution >= 4 is 11.7 Å². The zero-order valence-electron chi connectivity index (χ0n) is 11.0. The fraction of sp³-hybridized carbons (Fsp3) is 0.500. The third-order valence-electron chi connectivity index (χ3n) is 2.93. The van der Waals surface area contributed by atoms with Gasteiger partial charge in [-0.3, -0.25) is 0 Å². The van der Waals surface area contributed by atoms with Crippen molar-refractivity contribution in [3.63, 3.8) is 0 Å². The summed E-state index contributed by atoms with van der Waals surface area (Å²) in [5, 5.41) is 9.23. The molecule has 0 fully saturated rings. The van der Waals surface area contributed by atoms with E-state index in [0.717, 1.165) is 5.69 Å². The number of nitrogens with zero attached hydrogens (tertiary/aromatic N) is 1. The van der Waals surface area contributed by atoms with Gasteiger partial charge >= 0.3 is 5.97 Å². The lowest BCUT2D eigenvalue weighted by molar-refractivity contribution is -0.138. The maximum atomic E-state index is 11.2. The average molecular weight is 235 g/mol. The van der Waals surface area contributed by atoms with E-state index in [1.807, 2.05) is 44.7 Å². The molecule has 0 saturated heterocycles. The van der Waals surface area contributed by atoms with Crippen molar-refractivity contribution in [2.75, 3.05) is 11.4 Å². The second-order valence-electron chi connectivity index (χ2n) is 4.39. The maximum absolute atomic E-state index is 11.2. The van der Waals surface area contributed by atoms with Crippen molar-refractivity contribution in [1.29, 1.82) is 0 Å². The number of aryl methyl sites for hydroxylation is 2. The van der Waals surface area contributed by atoms with Gasteiger partial charge in [-0.15, -0.1) is 0 Å². The molecule has 0 spiro atoms. The molecule has 0 aliphatic carbocycles. The van der Waals surface area contributed by atoms with Crippen molar-refractivity contribution in [3.05, 3.63) is 29.3 Å². The van der Waals surface area contributed by atoms with E-state index in [-0.39, 0.29) is 0 Å². The molecule has 17 heavy (non-hydrogen) atoms. The Labute approximate surface area is 103 Å². The van der Waals surface area contributed by atoms with Crippen LogP contribution in [0, 0.1) is 13.8 Å². The Balaban J connectivity index is 3.11. The number of hydrogen-bond donors (Lipinski definition) is 1. The number of rotatable bonds is 5. The monoisotopic (exact) mass is 235 g/mol. The summed E-state index contributed by atoms with van der Waals surface area (Å²) in [6, 6.07) is 5.74. The minimum absolute atomic E-state index is 0.443. The third kappa shape index (κ3) is 3.22. The summed E-state index contributed by atoms with van der Waals surface area (Å²) in [4.78, 5) is 13.2. The minimum Gasteiger partial charge on any atom is -0.480 e. The van der Waals surface area contributed by atoms with E-state index < -0.39 is 12.0 Å². The molecule has 0 amide bonds. The van der Waals surface area contributed by atoms with Gasteiger partial charge in [0.25, 0.3) is 0 Å². The highest BCUT2D eigenvalue weighted by atomic mass is 16.4. The van der Waals surface area contributed by atoms with Crippen LogP contribution in [0.1, 0.15) is 31.4 Å². The lowest BCUT2D eigenvalue weighted by Gasteiger charge is -2.29. The van der Waals surface area contributed by atoms with E-state index in [1.54, 1.807) is 0 Å². The first-order chi connectivity index (χ1) is 7.99. The van der Waals surface area contributed by atoms with Gasteiger partial charge in [0.05, 0.1) is 0 Å². The van der Waals surface area contributed by atoms with Crippen LogP contribution in [0.15, 0.2) is 18.2 Å². The van der Waals surface area contributed by atoms with Crippen LogP contribution in [0.4, 0.5) is 5.69 Å². The van der Waals surface area contributed by atoms with Crippen molar-refractivity contribution < 1.29 is 9.90 Å². The van der Waals surface area contributed by atoms with Gasteiger partial charge in [0.1, 0.15) is 6.04 Å². The number of carboxylic acids is 1. The zero-order valence-corrected chi connectivity index (χ0v) is 11.0. The first-order valence-electron chi connectivity index (χ1n) is 6.07. The molecule has 0 aliphatic rings. The maximum Gasteiger partial charge on any atom is 0.326 e. The van der Waals surface area contributed by atoms with Crippen molar-refractivity contribution in [2.45, 2.75) is 40.2 Å². The molecule has 0 heterocycles. The summed E-state index contributed by atoms with van der Waals surface area (Å²) in [6.07, 6.45) is 0.607. The largest absolute Gasteiger partial charge is 0.480 e. The average Bonchev–Trinajstić information content (AvgIpc) is 2.23. The summed E-state index contributed by atoms with van der Waals surface area (Å²) >= 11 is 0. The Morgan fingerprint density at radius 2 is 1.76 bits per heavy atom. The van der Waals surface area contributed by atoms with Crippen LogP contribution >= 0.6 is 0 Å². The van der Waals surface area contributed by atoms with E-state index in [9.17, 15) is 9.90 Å². The molecule has 3 nitrogen and oxygen atoms in total.